The molecule has 0 aliphatic rings. The molecule has 0 atom stereocenters. The smallest absolute Gasteiger partial charge is 0.0542 e. The van der Waals surface area contributed by atoms with Crippen molar-refractivity contribution in [2.75, 3.05) is 9.80 Å². The van der Waals surface area contributed by atoms with Crippen LogP contribution in [0, 0.1) is 0 Å². The van der Waals surface area contributed by atoms with E-state index in [4.69, 9.17) is 0 Å². The Morgan fingerprint density at radius 3 is 0.949 bits per heavy atom. The highest BCUT2D eigenvalue weighted by atomic mass is 15.1. The monoisotopic (exact) mass is 996 g/mol. The van der Waals surface area contributed by atoms with E-state index in [1.165, 1.54) is 65.9 Å². The minimum atomic E-state index is 1.08. The molecule has 0 spiro atoms. The van der Waals surface area contributed by atoms with E-state index in [1.54, 1.807) is 0 Å². The number of rotatable bonds is 12. The average molecular weight is 997 g/mol. The van der Waals surface area contributed by atoms with Crippen LogP contribution in [0.25, 0.3) is 89.4 Å². The molecular formula is C74H52N4. The maximum absolute atomic E-state index is 2.38. The number of fused-ring (bicyclic) bond motifs is 6. The quantitative estimate of drug-likeness (QED) is 0.113. The summed E-state index contributed by atoms with van der Waals surface area (Å²) in [5.74, 6) is 0. The van der Waals surface area contributed by atoms with Crippen LogP contribution in [0.2, 0.25) is 0 Å². The van der Waals surface area contributed by atoms with Crippen LogP contribution in [0.4, 0.5) is 34.1 Å². The fourth-order valence-electron chi connectivity index (χ4n) is 11.4. The van der Waals surface area contributed by atoms with Crippen LogP contribution in [0.3, 0.4) is 0 Å². The van der Waals surface area contributed by atoms with Crippen LogP contribution in [0.15, 0.2) is 303 Å². The second-order valence-corrected chi connectivity index (χ2v) is 19.8. The standard InChI is InChI=1S/C74H52N4/c1-5-19-55(20-6-1)57-23-17-29-63(49-57)75(65-45-47-73-69(51-65)67-31-13-15-33-71(67)77(73)59-25-9-3-10-26-59)61-41-37-53(38-42-61)35-36-54-39-43-62(44-40-54)76(64-30-18-24-58(50-64)56-21-7-2-8-22-56)66-46-48-74-70(52-66)68-32-14-16-34-72(68)78(74)60-27-11-4-12-28-60/h1-52H. The molecule has 0 bridgehead atoms. The van der Waals surface area contributed by atoms with Crippen molar-refractivity contribution in [2.24, 2.45) is 0 Å². The molecule has 78 heavy (non-hydrogen) atoms. The summed E-state index contributed by atoms with van der Waals surface area (Å²) in [5.41, 5.74) is 20.5. The molecule has 0 unspecified atom stereocenters. The lowest BCUT2D eigenvalue weighted by Crippen LogP contribution is -2.10. The van der Waals surface area contributed by atoms with E-state index in [0.29, 0.717) is 0 Å². The van der Waals surface area contributed by atoms with Gasteiger partial charge in [-0.25, -0.2) is 0 Å². The fourth-order valence-corrected chi connectivity index (χ4v) is 11.4. The number of anilines is 6. The first kappa shape index (κ1) is 46.1. The van der Waals surface area contributed by atoms with Gasteiger partial charge < -0.3 is 18.9 Å². The minimum Gasteiger partial charge on any atom is -0.310 e. The first-order valence-electron chi connectivity index (χ1n) is 26.7. The third-order valence-electron chi connectivity index (χ3n) is 15.1. The maximum atomic E-state index is 2.38. The summed E-state index contributed by atoms with van der Waals surface area (Å²) >= 11 is 0. The SMILES string of the molecule is C(=Cc1ccc(N(c2cccc(-c3ccccc3)c2)c2ccc3c(c2)c2ccccc2n3-c2ccccc2)cc1)c1ccc(N(c2cccc(-c3ccccc3)c2)c2ccc3c(c2)c2ccccc2n3-c2ccccc2)cc1. The average Bonchev–Trinajstić information content (AvgIpc) is 4.24. The Morgan fingerprint density at radius 1 is 0.218 bits per heavy atom. The minimum absolute atomic E-state index is 1.08. The number of nitrogens with zero attached hydrogens (tertiary/aromatic N) is 4. The van der Waals surface area contributed by atoms with Crippen molar-refractivity contribution in [1.82, 2.24) is 9.13 Å². The van der Waals surface area contributed by atoms with E-state index in [0.717, 1.165) is 56.6 Å². The van der Waals surface area contributed by atoms with Gasteiger partial charge >= 0.3 is 0 Å². The van der Waals surface area contributed by atoms with Crippen molar-refractivity contribution in [1.29, 1.82) is 0 Å². The van der Waals surface area contributed by atoms with Crippen molar-refractivity contribution in [3.05, 3.63) is 314 Å². The van der Waals surface area contributed by atoms with Gasteiger partial charge in [-0.3, -0.25) is 0 Å². The third-order valence-corrected chi connectivity index (χ3v) is 15.1. The lowest BCUT2D eigenvalue weighted by Gasteiger charge is -2.26. The van der Waals surface area contributed by atoms with Crippen LogP contribution >= 0.6 is 0 Å². The molecule has 14 rings (SSSR count). The Morgan fingerprint density at radius 2 is 0.538 bits per heavy atom. The molecular weight excluding hydrogens is 945 g/mol. The van der Waals surface area contributed by atoms with E-state index in [-0.39, 0.29) is 0 Å². The van der Waals surface area contributed by atoms with Gasteiger partial charge in [-0.15, -0.1) is 0 Å². The maximum Gasteiger partial charge on any atom is 0.0542 e. The van der Waals surface area contributed by atoms with Gasteiger partial charge in [-0.2, -0.15) is 0 Å². The van der Waals surface area contributed by atoms with Gasteiger partial charge in [0.25, 0.3) is 0 Å². The lowest BCUT2D eigenvalue weighted by atomic mass is 10.0. The van der Waals surface area contributed by atoms with Crippen LogP contribution < -0.4 is 9.80 Å². The summed E-state index contributed by atoms with van der Waals surface area (Å²) in [5, 5.41) is 4.86. The molecule has 4 nitrogen and oxygen atoms in total. The summed E-state index contributed by atoms with van der Waals surface area (Å²) in [6.45, 7) is 0. The highest BCUT2D eigenvalue weighted by Gasteiger charge is 2.20. The highest BCUT2D eigenvalue weighted by Crippen LogP contribution is 2.43. The summed E-state index contributed by atoms with van der Waals surface area (Å²) < 4.78 is 4.74. The van der Waals surface area contributed by atoms with E-state index in [2.05, 4.69) is 334 Å². The van der Waals surface area contributed by atoms with Gasteiger partial charge in [0.05, 0.1) is 22.1 Å². The zero-order chi connectivity index (χ0) is 51.8. The number of aromatic nitrogens is 2. The molecule has 0 saturated heterocycles. The van der Waals surface area contributed by atoms with E-state index >= 15 is 0 Å². The van der Waals surface area contributed by atoms with Crippen molar-refractivity contribution >= 4 is 89.9 Å². The van der Waals surface area contributed by atoms with Crippen molar-refractivity contribution in [2.45, 2.75) is 0 Å². The Hall–Kier alpha value is -10.4. The largest absolute Gasteiger partial charge is 0.310 e. The Kier molecular flexibility index (Phi) is 11.8. The second kappa shape index (κ2) is 20.0. The molecule has 0 N–H and O–H groups in total. The number of hydrogen-bond donors (Lipinski definition) is 0. The molecule has 14 aromatic rings. The molecule has 0 amide bonds. The lowest BCUT2D eigenvalue weighted by molar-refractivity contribution is 1.18. The highest BCUT2D eigenvalue weighted by molar-refractivity contribution is 6.12. The first-order chi connectivity index (χ1) is 38.7. The second-order valence-electron chi connectivity index (χ2n) is 19.8. The van der Waals surface area contributed by atoms with E-state index in [1.807, 2.05) is 0 Å². The Bertz CT molecular complexity index is 4170. The molecule has 0 saturated carbocycles. The van der Waals surface area contributed by atoms with Crippen molar-refractivity contribution in [3.63, 3.8) is 0 Å². The number of para-hydroxylation sites is 4. The number of benzene rings is 12. The summed E-state index contributed by atoms with van der Waals surface area (Å²) in [6, 6.07) is 109. The van der Waals surface area contributed by atoms with Crippen molar-refractivity contribution in [3.8, 4) is 33.6 Å². The van der Waals surface area contributed by atoms with Gasteiger partial charge in [0.2, 0.25) is 0 Å². The normalized spacial score (nSPS) is 11.5. The Balaban J connectivity index is 0.810. The predicted octanol–water partition coefficient (Wildman–Crippen LogP) is 20.3. The zero-order valence-electron chi connectivity index (χ0n) is 42.8. The molecule has 4 heteroatoms. The molecule has 0 fully saturated rings. The van der Waals surface area contributed by atoms with Gasteiger partial charge in [0.1, 0.15) is 0 Å². The predicted molar refractivity (Wildman–Crippen MR) is 331 cm³/mol. The van der Waals surface area contributed by atoms with Crippen LogP contribution in [0.1, 0.15) is 11.1 Å². The zero-order valence-corrected chi connectivity index (χ0v) is 42.8. The summed E-state index contributed by atoms with van der Waals surface area (Å²) in [7, 11) is 0. The molecule has 0 aliphatic heterocycles. The number of hydrogen-bond acceptors (Lipinski definition) is 2. The molecule has 2 aromatic heterocycles. The fraction of sp³-hybridized carbons (Fsp3) is 0. The molecule has 0 aliphatic carbocycles. The molecule has 12 aromatic carbocycles. The third kappa shape index (κ3) is 8.58. The molecule has 2 heterocycles. The Labute approximate surface area is 454 Å². The van der Waals surface area contributed by atoms with E-state index in [9.17, 15) is 0 Å². The van der Waals surface area contributed by atoms with Gasteiger partial charge in [-0.05, 0) is 155 Å². The molecule has 368 valence electrons. The van der Waals surface area contributed by atoms with Gasteiger partial charge in [0, 0.05) is 67.0 Å². The summed E-state index contributed by atoms with van der Waals surface area (Å²) in [4.78, 5) is 4.76. The van der Waals surface area contributed by atoms with Crippen LogP contribution in [0.5, 0.6) is 0 Å². The van der Waals surface area contributed by atoms with Crippen molar-refractivity contribution < 1.29 is 0 Å². The van der Waals surface area contributed by atoms with Crippen LogP contribution in [-0.4, -0.2) is 9.13 Å². The summed E-state index contributed by atoms with van der Waals surface area (Å²) in [6.07, 6.45) is 4.42. The first-order valence-corrected chi connectivity index (χ1v) is 26.7. The van der Waals surface area contributed by atoms with E-state index < -0.39 is 0 Å². The van der Waals surface area contributed by atoms with Gasteiger partial charge in [-0.1, -0.05) is 194 Å². The molecule has 0 radical (unpaired) electrons. The topological polar surface area (TPSA) is 16.3 Å². The van der Waals surface area contributed by atoms with Gasteiger partial charge in [0.15, 0.2) is 0 Å². The van der Waals surface area contributed by atoms with Crippen LogP contribution in [-0.2, 0) is 0 Å².